The molecule has 0 spiro atoms. The maximum absolute atomic E-state index is 12.6. The van der Waals surface area contributed by atoms with Crippen molar-refractivity contribution in [1.82, 2.24) is 9.80 Å². The normalized spacial score (nSPS) is 19.1. The van der Waals surface area contributed by atoms with Crippen LogP contribution in [-0.4, -0.2) is 62.0 Å². The third kappa shape index (κ3) is 5.41. The Morgan fingerprint density at radius 1 is 0.900 bits per heavy atom. The summed E-state index contributed by atoms with van der Waals surface area (Å²) in [4.78, 5) is 19.9. The van der Waals surface area contributed by atoms with Crippen LogP contribution < -0.4 is 10.2 Å². The third-order valence-corrected chi connectivity index (χ3v) is 6.49. The van der Waals surface area contributed by atoms with Gasteiger partial charge < -0.3 is 15.1 Å². The molecule has 30 heavy (non-hydrogen) atoms. The molecule has 2 fully saturated rings. The number of piperazine rings is 1. The van der Waals surface area contributed by atoms with Crippen LogP contribution in [0.4, 0.5) is 11.4 Å². The van der Waals surface area contributed by atoms with Gasteiger partial charge >= 0.3 is 0 Å². The van der Waals surface area contributed by atoms with Crippen LogP contribution >= 0.6 is 0 Å². The van der Waals surface area contributed by atoms with Gasteiger partial charge in [-0.05, 0) is 80.9 Å². The molecule has 5 nitrogen and oxygen atoms in total. The lowest BCUT2D eigenvalue weighted by Crippen LogP contribution is -2.44. The zero-order valence-electron chi connectivity index (χ0n) is 18.3. The maximum Gasteiger partial charge on any atom is 0.255 e. The minimum Gasteiger partial charge on any atom is -0.369 e. The van der Waals surface area contributed by atoms with Crippen molar-refractivity contribution in [3.8, 4) is 0 Å². The average molecular weight is 407 g/mol. The molecule has 2 aliphatic rings. The van der Waals surface area contributed by atoms with Gasteiger partial charge in [0.2, 0.25) is 0 Å². The van der Waals surface area contributed by atoms with Crippen molar-refractivity contribution in [1.29, 1.82) is 0 Å². The van der Waals surface area contributed by atoms with Crippen LogP contribution in [0.3, 0.4) is 0 Å². The molecule has 2 aliphatic heterocycles. The first-order valence-corrected chi connectivity index (χ1v) is 11.2. The Kier molecular flexibility index (Phi) is 6.70. The minimum absolute atomic E-state index is 0.0549. The number of benzene rings is 2. The number of nitrogens with zero attached hydrogens (tertiary/aromatic N) is 3. The highest BCUT2D eigenvalue weighted by Crippen LogP contribution is 2.21. The molecule has 0 unspecified atom stereocenters. The Bertz CT molecular complexity index is 817. The van der Waals surface area contributed by atoms with Gasteiger partial charge in [0.05, 0.1) is 0 Å². The summed E-state index contributed by atoms with van der Waals surface area (Å²) in [5.74, 6) is 0.795. The topological polar surface area (TPSA) is 38.8 Å². The first-order chi connectivity index (χ1) is 14.6. The summed E-state index contributed by atoms with van der Waals surface area (Å²) in [7, 11) is 2.16. The zero-order valence-corrected chi connectivity index (χ0v) is 18.3. The number of amides is 1. The van der Waals surface area contributed by atoms with Crippen molar-refractivity contribution >= 4 is 17.3 Å². The molecular formula is C25H34N4O. The van der Waals surface area contributed by atoms with E-state index in [0.717, 1.165) is 44.3 Å². The highest BCUT2D eigenvalue weighted by molar-refractivity contribution is 6.04. The second-order valence-electron chi connectivity index (χ2n) is 8.95. The standard InChI is InChI=1S/C25H34N4O/c1-20-11-13-28(14-12-20)19-21-3-5-22(6-4-21)25(30)26-23-7-9-24(10-8-23)29-17-15-27(2)16-18-29/h3-10,20H,11-19H2,1-2H3,(H,26,30). The lowest BCUT2D eigenvalue weighted by Gasteiger charge is -2.34. The number of carbonyl (C=O) groups excluding carboxylic acids is 1. The molecule has 2 heterocycles. The highest BCUT2D eigenvalue weighted by Gasteiger charge is 2.16. The summed E-state index contributed by atoms with van der Waals surface area (Å²) < 4.78 is 0. The molecule has 0 aliphatic carbocycles. The van der Waals surface area contributed by atoms with E-state index in [2.05, 4.69) is 58.3 Å². The third-order valence-electron chi connectivity index (χ3n) is 6.49. The van der Waals surface area contributed by atoms with E-state index in [1.165, 1.54) is 37.2 Å². The molecule has 160 valence electrons. The molecular weight excluding hydrogens is 372 g/mol. The maximum atomic E-state index is 12.6. The van der Waals surface area contributed by atoms with Crippen molar-refractivity contribution in [2.24, 2.45) is 5.92 Å². The van der Waals surface area contributed by atoms with Gasteiger partial charge in [0, 0.05) is 49.7 Å². The summed E-state index contributed by atoms with van der Waals surface area (Å²) in [6.07, 6.45) is 2.57. The summed E-state index contributed by atoms with van der Waals surface area (Å²) in [5.41, 5.74) is 4.04. The van der Waals surface area contributed by atoms with E-state index in [0.29, 0.717) is 5.56 Å². The van der Waals surface area contributed by atoms with E-state index >= 15 is 0 Å². The van der Waals surface area contributed by atoms with E-state index in [-0.39, 0.29) is 5.91 Å². The van der Waals surface area contributed by atoms with Crippen LogP contribution in [0.25, 0.3) is 0 Å². The lowest BCUT2D eigenvalue weighted by molar-refractivity contribution is 0.102. The number of rotatable bonds is 5. The van der Waals surface area contributed by atoms with Gasteiger partial charge in [-0.2, -0.15) is 0 Å². The summed E-state index contributed by atoms with van der Waals surface area (Å²) in [6, 6.07) is 16.3. The summed E-state index contributed by atoms with van der Waals surface area (Å²) in [6.45, 7) is 9.93. The molecule has 0 aromatic heterocycles. The van der Waals surface area contributed by atoms with Gasteiger partial charge in [-0.1, -0.05) is 19.1 Å². The number of piperidine rings is 1. The minimum atomic E-state index is -0.0549. The number of carbonyl (C=O) groups is 1. The molecule has 1 N–H and O–H groups in total. The number of anilines is 2. The summed E-state index contributed by atoms with van der Waals surface area (Å²) >= 11 is 0. The van der Waals surface area contributed by atoms with Crippen LogP contribution in [0, 0.1) is 5.92 Å². The average Bonchev–Trinajstić information content (AvgIpc) is 2.77. The largest absolute Gasteiger partial charge is 0.369 e. The molecule has 2 saturated heterocycles. The molecule has 2 aromatic carbocycles. The Morgan fingerprint density at radius 3 is 2.17 bits per heavy atom. The molecule has 0 bridgehead atoms. The first kappa shape index (κ1) is 20.9. The molecule has 2 aromatic rings. The van der Waals surface area contributed by atoms with Gasteiger partial charge in [-0.3, -0.25) is 9.69 Å². The van der Waals surface area contributed by atoms with Gasteiger partial charge in [0.1, 0.15) is 0 Å². The summed E-state index contributed by atoms with van der Waals surface area (Å²) in [5, 5.41) is 3.03. The van der Waals surface area contributed by atoms with E-state index in [1.54, 1.807) is 0 Å². The van der Waals surface area contributed by atoms with E-state index in [1.807, 2.05) is 24.3 Å². The molecule has 4 rings (SSSR count). The zero-order chi connectivity index (χ0) is 20.9. The smallest absolute Gasteiger partial charge is 0.255 e. The number of hydrogen-bond acceptors (Lipinski definition) is 4. The number of likely N-dealkylation sites (N-methyl/N-ethyl adjacent to an activating group) is 1. The Hall–Kier alpha value is -2.37. The lowest BCUT2D eigenvalue weighted by atomic mass is 9.99. The van der Waals surface area contributed by atoms with Gasteiger partial charge in [-0.25, -0.2) is 0 Å². The van der Waals surface area contributed by atoms with E-state index in [4.69, 9.17) is 0 Å². The van der Waals surface area contributed by atoms with Gasteiger partial charge in [0.15, 0.2) is 0 Å². The monoisotopic (exact) mass is 406 g/mol. The Balaban J connectivity index is 1.30. The van der Waals surface area contributed by atoms with Crippen molar-refractivity contribution in [3.63, 3.8) is 0 Å². The fourth-order valence-corrected chi connectivity index (χ4v) is 4.26. The van der Waals surface area contributed by atoms with Crippen LogP contribution in [0.1, 0.15) is 35.7 Å². The fourth-order valence-electron chi connectivity index (χ4n) is 4.26. The SMILES string of the molecule is CC1CCN(Cc2ccc(C(=O)Nc3ccc(N4CCN(C)CC4)cc3)cc2)CC1. The van der Waals surface area contributed by atoms with Gasteiger partial charge in [0.25, 0.3) is 5.91 Å². The molecule has 0 radical (unpaired) electrons. The van der Waals surface area contributed by atoms with Crippen LogP contribution in [0.15, 0.2) is 48.5 Å². The molecule has 0 atom stereocenters. The van der Waals surface area contributed by atoms with Crippen molar-refractivity contribution in [3.05, 3.63) is 59.7 Å². The van der Waals surface area contributed by atoms with E-state index < -0.39 is 0 Å². The number of likely N-dealkylation sites (tertiary alicyclic amines) is 1. The van der Waals surface area contributed by atoms with Crippen molar-refractivity contribution in [2.45, 2.75) is 26.3 Å². The molecule has 0 saturated carbocycles. The Labute approximate surface area is 180 Å². The highest BCUT2D eigenvalue weighted by atomic mass is 16.1. The Morgan fingerprint density at radius 2 is 1.53 bits per heavy atom. The first-order valence-electron chi connectivity index (χ1n) is 11.2. The van der Waals surface area contributed by atoms with Crippen molar-refractivity contribution in [2.75, 3.05) is 56.5 Å². The number of hydrogen-bond donors (Lipinski definition) is 1. The fraction of sp³-hybridized carbons (Fsp3) is 0.480. The van der Waals surface area contributed by atoms with Crippen LogP contribution in [-0.2, 0) is 6.54 Å². The van der Waals surface area contributed by atoms with Gasteiger partial charge in [-0.15, -0.1) is 0 Å². The van der Waals surface area contributed by atoms with E-state index in [9.17, 15) is 4.79 Å². The molecule has 1 amide bonds. The quantitative estimate of drug-likeness (QED) is 0.817. The predicted octanol–water partition coefficient (Wildman–Crippen LogP) is 3.92. The number of nitrogens with one attached hydrogen (secondary N) is 1. The molecule has 5 heteroatoms. The van der Waals surface area contributed by atoms with Crippen molar-refractivity contribution < 1.29 is 4.79 Å². The predicted molar refractivity (Wildman–Crippen MR) is 124 cm³/mol. The second kappa shape index (κ2) is 9.63. The second-order valence-corrected chi connectivity index (χ2v) is 8.95. The van der Waals surface area contributed by atoms with Crippen LogP contribution in [0.2, 0.25) is 0 Å². The van der Waals surface area contributed by atoms with Crippen LogP contribution in [0.5, 0.6) is 0 Å².